The Kier molecular flexibility index (Phi) is 9.19. The molecule has 0 unspecified atom stereocenters. The number of carbonyl (C=O) groups excluding carboxylic acids is 2. The van der Waals surface area contributed by atoms with Crippen molar-refractivity contribution >= 4 is 38.5 Å². The first-order valence-corrected chi connectivity index (χ1v) is 19.1. The Morgan fingerprint density at radius 1 is 1.06 bits per heavy atom. The van der Waals surface area contributed by atoms with Crippen LogP contribution in [0.1, 0.15) is 82.9 Å². The summed E-state index contributed by atoms with van der Waals surface area (Å²) in [6.07, 6.45) is 4.95. The summed E-state index contributed by atoms with van der Waals surface area (Å²) in [4.78, 5) is 46.9. The van der Waals surface area contributed by atoms with Gasteiger partial charge in [-0.3, -0.25) is 14.5 Å². The minimum Gasteiger partial charge on any atom is -0.490 e. The monoisotopic (exact) mass is 706 g/mol. The quantitative estimate of drug-likeness (QED) is 0.325. The van der Waals surface area contributed by atoms with Gasteiger partial charge in [-0.25, -0.2) is 17.9 Å². The minimum atomic E-state index is -3.86. The number of sulfonamides is 1. The van der Waals surface area contributed by atoms with Crippen LogP contribution in [-0.4, -0.2) is 93.9 Å². The fourth-order valence-corrected chi connectivity index (χ4v) is 8.80. The molecule has 3 heterocycles. The Balaban J connectivity index is 1.13. The van der Waals surface area contributed by atoms with Crippen molar-refractivity contribution in [2.45, 2.75) is 82.2 Å². The topological polar surface area (TPSA) is 139 Å². The fourth-order valence-electron chi connectivity index (χ4n) is 7.56. The maximum atomic E-state index is 13.9. The highest BCUT2D eigenvalue weighted by atomic mass is 32.2. The fraction of sp³-hybridized carbons (Fsp3) is 0.541. The molecule has 1 saturated heterocycles. The number of piperazine rings is 1. The van der Waals surface area contributed by atoms with E-state index in [-0.39, 0.29) is 35.9 Å². The maximum absolute atomic E-state index is 13.9. The molecule has 268 valence electrons. The molecule has 0 bridgehead atoms. The summed E-state index contributed by atoms with van der Waals surface area (Å²) in [5.74, 6) is -0.912. The van der Waals surface area contributed by atoms with Gasteiger partial charge in [0.05, 0.1) is 41.2 Å². The number of likely N-dealkylation sites (N-methyl/N-ethyl adjacent to an activating group) is 1. The van der Waals surface area contributed by atoms with Crippen LogP contribution in [0.4, 0.5) is 5.69 Å². The van der Waals surface area contributed by atoms with Crippen LogP contribution in [0.25, 0.3) is 11.0 Å². The van der Waals surface area contributed by atoms with Gasteiger partial charge in [0, 0.05) is 55.5 Å². The average molecular weight is 707 g/mol. The first-order chi connectivity index (χ1) is 23.9. The third-order valence-electron chi connectivity index (χ3n) is 11.2. The van der Waals surface area contributed by atoms with E-state index in [4.69, 9.17) is 13.9 Å². The minimum absolute atomic E-state index is 0.0675. The molecule has 2 saturated carbocycles. The molecule has 50 heavy (non-hydrogen) atoms. The van der Waals surface area contributed by atoms with Crippen molar-refractivity contribution < 1.29 is 31.9 Å². The number of amides is 2. The van der Waals surface area contributed by atoms with E-state index in [1.165, 1.54) is 18.2 Å². The van der Waals surface area contributed by atoms with Crippen molar-refractivity contribution in [1.29, 1.82) is 0 Å². The molecule has 2 amide bonds. The average Bonchev–Trinajstić information content (AvgIpc) is 3.66. The van der Waals surface area contributed by atoms with E-state index in [0.29, 0.717) is 49.1 Å². The molecule has 0 spiro atoms. The molecule has 1 aromatic heterocycles. The molecule has 13 heteroatoms. The molecular weight excluding hydrogens is 660 g/mol. The Morgan fingerprint density at radius 3 is 2.54 bits per heavy atom. The number of aryl methyl sites for hydroxylation is 1. The van der Waals surface area contributed by atoms with Gasteiger partial charge in [-0.05, 0) is 102 Å². The molecule has 0 radical (unpaired) electrons. The van der Waals surface area contributed by atoms with Gasteiger partial charge in [0.2, 0.25) is 10.0 Å². The number of fused-ring (bicyclic) bond motifs is 3. The third-order valence-corrected chi connectivity index (χ3v) is 13.3. The van der Waals surface area contributed by atoms with Gasteiger partial charge in [-0.1, -0.05) is 0 Å². The molecule has 3 aromatic rings. The highest BCUT2D eigenvalue weighted by Crippen LogP contribution is 2.42. The molecule has 12 nitrogen and oxygen atoms in total. The summed E-state index contributed by atoms with van der Waals surface area (Å²) in [6, 6.07) is 8.89. The first-order valence-electron chi connectivity index (χ1n) is 17.6. The summed E-state index contributed by atoms with van der Waals surface area (Å²) in [5.41, 5.74) is 3.79. The van der Waals surface area contributed by atoms with Crippen LogP contribution < -0.4 is 20.0 Å². The molecule has 1 N–H and O–H groups in total. The predicted molar refractivity (Wildman–Crippen MR) is 190 cm³/mol. The zero-order valence-electron chi connectivity index (χ0n) is 29.2. The van der Waals surface area contributed by atoms with Gasteiger partial charge in [-0.2, -0.15) is 0 Å². The number of carbonyl (C=O) groups is 2. The van der Waals surface area contributed by atoms with Crippen LogP contribution in [-0.2, 0) is 27.7 Å². The van der Waals surface area contributed by atoms with E-state index < -0.39 is 26.3 Å². The maximum Gasteiger partial charge on any atom is 0.341 e. The highest BCUT2D eigenvalue weighted by Gasteiger charge is 2.51. The lowest BCUT2D eigenvalue weighted by molar-refractivity contribution is 0.0731. The molecule has 1 atom stereocenters. The number of methoxy groups -OCH3 is 1. The largest absolute Gasteiger partial charge is 0.490 e. The van der Waals surface area contributed by atoms with Crippen LogP contribution in [0.3, 0.4) is 0 Å². The van der Waals surface area contributed by atoms with Gasteiger partial charge in [0.25, 0.3) is 11.8 Å². The summed E-state index contributed by atoms with van der Waals surface area (Å²) >= 11 is 0. The lowest BCUT2D eigenvalue weighted by atomic mass is 9.95. The third kappa shape index (κ3) is 6.39. The van der Waals surface area contributed by atoms with Gasteiger partial charge in [-0.15, -0.1) is 0 Å². The zero-order valence-corrected chi connectivity index (χ0v) is 30.1. The van der Waals surface area contributed by atoms with Crippen LogP contribution >= 0.6 is 0 Å². The van der Waals surface area contributed by atoms with Crippen molar-refractivity contribution in [3.8, 4) is 5.75 Å². The summed E-state index contributed by atoms with van der Waals surface area (Å²) in [5, 5.41) is 0.883. The van der Waals surface area contributed by atoms with Crippen LogP contribution in [0.15, 0.2) is 39.5 Å². The van der Waals surface area contributed by atoms with E-state index in [2.05, 4.69) is 27.6 Å². The van der Waals surface area contributed by atoms with Crippen LogP contribution in [0.5, 0.6) is 5.75 Å². The molecule has 4 aliphatic rings. The van der Waals surface area contributed by atoms with E-state index in [9.17, 15) is 22.8 Å². The van der Waals surface area contributed by atoms with E-state index in [1.807, 2.05) is 13.0 Å². The molecule has 3 fully saturated rings. The SMILES string of the molecule is COC[C@H]1CN(c2ccc3c4c(c(=O)oc3c2C)CN(C(=O)c2ccc(C(=O)NS(=O)(=O)C3(C)CC3)c(OC3CCCC3)c2)CC4)CCN1C. The Morgan fingerprint density at radius 2 is 1.82 bits per heavy atom. The van der Waals surface area contributed by atoms with E-state index in [1.54, 1.807) is 18.9 Å². The second-order valence-corrected chi connectivity index (χ2v) is 16.8. The lowest BCUT2D eigenvalue weighted by Crippen LogP contribution is -2.53. The number of nitrogens with one attached hydrogen (secondary N) is 1. The van der Waals surface area contributed by atoms with Gasteiger partial charge < -0.3 is 23.7 Å². The smallest absolute Gasteiger partial charge is 0.341 e. The molecule has 2 aliphatic carbocycles. The highest BCUT2D eigenvalue weighted by molar-refractivity contribution is 7.91. The van der Waals surface area contributed by atoms with Crippen molar-refractivity contribution in [3.63, 3.8) is 0 Å². The molecule has 2 aromatic carbocycles. The Bertz CT molecular complexity index is 2000. The van der Waals surface area contributed by atoms with Crippen molar-refractivity contribution in [2.75, 3.05) is 51.8 Å². The van der Waals surface area contributed by atoms with Gasteiger partial charge in [0.15, 0.2) is 0 Å². The number of hydrogen-bond acceptors (Lipinski definition) is 10. The molecule has 7 rings (SSSR count). The normalized spacial score (nSPS) is 20.9. The second-order valence-electron chi connectivity index (χ2n) is 14.6. The molecule has 2 aliphatic heterocycles. The molecular formula is C37H46N4O8S. The predicted octanol–water partition coefficient (Wildman–Crippen LogP) is 4.00. The van der Waals surface area contributed by atoms with Crippen molar-refractivity contribution in [1.82, 2.24) is 14.5 Å². The lowest BCUT2D eigenvalue weighted by Gasteiger charge is -2.41. The standard InChI is InChI=1S/C37H46N4O8S/c1-23-31(40-18-17-39(3)25(20-40)22-47-4)12-11-28-27-13-16-41(21-30(27)36(44)49-33(23)28)35(43)24-9-10-29(32(19-24)48-26-7-5-6-8-26)34(42)38-50(45,46)37(2)14-15-37/h9-12,19,25-26H,5-8,13-18,20-22H2,1-4H3,(H,38,42)/t25-/m1/s1. The Hall–Kier alpha value is -3.94. The zero-order chi connectivity index (χ0) is 35.4. The van der Waals surface area contributed by atoms with E-state index in [0.717, 1.165) is 67.5 Å². The van der Waals surface area contributed by atoms with Crippen molar-refractivity contribution in [2.24, 2.45) is 0 Å². The Labute approximate surface area is 292 Å². The summed E-state index contributed by atoms with van der Waals surface area (Å²) < 4.78 is 44.6. The second kappa shape index (κ2) is 13.3. The number of ether oxygens (including phenoxy) is 2. The van der Waals surface area contributed by atoms with Gasteiger partial charge in [0.1, 0.15) is 11.3 Å². The summed E-state index contributed by atoms with van der Waals surface area (Å²) in [6.45, 7) is 7.28. The number of anilines is 1. The van der Waals surface area contributed by atoms with Gasteiger partial charge >= 0.3 is 5.63 Å². The van der Waals surface area contributed by atoms with Crippen molar-refractivity contribution in [3.05, 3.63) is 68.6 Å². The van der Waals surface area contributed by atoms with Crippen LogP contribution in [0, 0.1) is 6.92 Å². The van der Waals surface area contributed by atoms with Crippen LogP contribution in [0.2, 0.25) is 0 Å². The first kappa shape index (κ1) is 34.5. The van der Waals surface area contributed by atoms with E-state index >= 15 is 0 Å². The number of rotatable bonds is 9. The summed E-state index contributed by atoms with van der Waals surface area (Å²) in [7, 11) is -0.0427. The number of nitrogens with zero attached hydrogens (tertiary/aromatic N) is 3. The number of benzene rings is 2. The number of hydrogen-bond donors (Lipinski definition) is 1.